The zero-order valence-corrected chi connectivity index (χ0v) is 13.6. The molecule has 0 bridgehead atoms. The lowest BCUT2D eigenvalue weighted by Crippen LogP contribution is -2.52. The average Bonchev–Trinajstić information content (AvgIpc) is 2.56. The summed E-state index contributed by atoms with van der Waals surface area (Å²) in [6.45, 7) is 2.23. The highest BCUT2D eigenvalue weighted by Crippen LogP contribution is 2.23. The van der Waals surface area contributed by atoms with Crippen LogP contribution in [0.2, 0.25) is 5.02 Å². The van der Waals surface area contributed by atoms with E-state index in [1.54, 1.807) is 18.2 Å². The molecule has 8 heteroatoms. The Balaban J connectivity index is 1.88. The first-order chi connectivity index (χ1) is 11.0. The molecule has 1 fully saturated rings. The monoisotopic (exact) mass is 341 g/mol. The van der Waals surface area contributed by atoms with E-state index in [0.29, 0.717) is 42.5 Å². The third-order valence-electron chi connectivity index (χ3n) is 3.72. The molecule has 7 nitrogen and oxygen atoms in total. The maximum Gasteiger partial charge on any atom is 0.407 e. The van der Waals surface area contributed by atoms with Crippen LogP contribution in [-0.4, -0.2) is 61.4 Å². The van der Waals surface area contributed by atoms with E-state index in [1.165, 1.54) is 12.0 Å². The van der Waals surface area contributed by atoms with Crippen molar-refractivity contribution in [1.29, 1.82) is 0 Å². The van der Waals surface area contributed by atoms with Crippen molar-refractivity contribution in [2.45, 2.75) is 12.5 Å². The molecule has 1 atom stereocenters. The van der Waals surface area contributed by atoms with Crippen LogP contribution in [0.25, 0.3) is 0 Å². The molecule has 1 aliphatic rings. The van der Waals surface area contributed by atoms with E-state index in [1.807, 2.05) is 0 Å². The Morgan fingerprint density at radius 1 is 1.52 bits per heavy atom. The lowest BCUT2D eigenvalue weighted by molar-refractivity contribution is 0.0600. The minimum atomic E-state index is -0.890. The number of amides is 1. The first-order valence-electron chi connectivity index (χ1n) is 7.34. The minimum Gasteiger partial charge on any atom is -0.465 e. The Morgan fingerprint density at radius 3 is 3.00 bits per heavy atom. The molecule has 2 rings (SSSR count). The van der Waals surface area contributed by atoms with Crippen molar-refractivity contribution in [2.24, 2.45) is 0 Å². The molecule has 0 aliphatic carbocycles. The number of methoxy groups -OCH3 is 1. The summed E-state index contributed by atoms with van der Waals surface area (Å²) in [6.07, 6.45) is -0.152. The molecular formula is C15H20ClN3O4. The van der Waals surface area contributed by atoms with Crippen LogP contribution in [0.5, 0.6) is 0 Å². The summed E-state index contributed by atoms with van der Waals surface area (Å²) in [5.41, 5.74) is 1.08. The fraction of sp³-hybridized carbons (Fsp3) is 0.467. The van der Waals surface area contributed by atoms with E-state index in [4.69, 9.17) is 16.7 Å². The van der Waals surface area contributed by atoms with Crippen LogP contribution in [0.15, 0.2) is 18.2 Å². The van der Waals surface area contributed by atoms with Gasteiger partial charge in [-0.05, 0) is 24.6 Å². The van der Waals surface area contributed by atoms with E-state index >= 15 is 0 Å². The smallest absolute Gasteiger partial charge is 0.407 e. The maximum absolute atomic E-state index is 11.5. The van der Waals surface area contributed by atoms with Crippen LogP contribution >= 0.6 is 11.6 Å². The number of anilines is 1. The molecule has 23 heavy (non-hydrogen) atoms. The highest BCUT2D eigenvalue weighted by atomic mass is 35.5. The van der Waals surface area contributed by atoms with Crippen LogP contribution < -0.4 is 10.6 Å². The number of hydrogen-bond acceptors (Lipinski definition) is 5. The number of nitrogens with one attached hydrogen (secondary N) is 2. The van der Waals surface area contributed by atoms with Crippen molar-refractivity contribution >= 4 is 29.4 Å². The van der Waals surface area contributed by atoms with Crippen molar-refractivity contribution in [2.75, 3.05) is 38.6 Å². The zero-order valence-electron chi connectivity index (χ0n) is 12.8. The largest absolute Gasteiger partial charge is 0.465 e. The summed E-state index contributed by atoms with van der Waals surface area (Å²) in [7, 11) is 1.33. The summed E-state index contributed by atoms with van der Waals surface area (Å²) < 4.78 is 4.68. The minimum absolute atomic E-state index is 0.0925. The van der Waals surface area contributed by atoms with E-state index in [2.05, 4.69) is 15.4 Å². The predicted molar refractivity (Wildman–Crippen MR) is 87.3 cm³/mol. The summed E-state index contributed by atoms with van der Waals surface area (Å²) in [5, 5.41) is 16.0. The molecule has 0 spiro atoms. The lowest BCUT2D eigenvalue weighted by Gasteiger charge is -2.31. The molecule has 1 heterocycles. The topological polar surface area (TPSA) is 90.9 Å². The highest BCUT2D eigenvalue weighted by Gasteiger charge is 2.22. The van der Waals surface area contributed by atoms with Crippen LogP contribution in [0, 0.1) is 0 Å². The van der Waals surface area contributed by atoms with Crippen LogP contribution in [0.3, 0.4) is 0 Å². The SMILES string of the molecule is COC(=O)c1ccc(Cl)c(NCC[C@@H]2CN(C(=O)O)CCN2)c1. The molecule has 1 aromatic carbocycles. The second-order valence-electron chi connectivity index (χ2n) is 5.28. The van der Waals surface area contributed by atoms with Gasteiger partial charge in [0.2, 0.25) is 0 Å². The van der Waals surface area contributed by atoms with E-state index in [0.717, 1.165) is 6.42 Å². The Labute approximate surface area is 139 Å². The van der Waals surface area contributed by atoms with Gasteiger partial charge in [-0.25, -0.2) is 9.59 Å². The molecule has 0 saturated carbocycles. The van der Waals surface area contributed by atoms with Gasteiger partial charge >= 0.3 is 12.1 Å². The third-order valence-corrected chi connectivity index (χ3v) is 4.05. The van der Waals surface area contributed by atoms with Crippen molar-refractivity contribution in [3.8, 4) is 0 Å². The second kappa shape index (κ2) is 8.03. The highest BCUT2D eigenvalue weighted by molar-refractivity contribution is 6.33. The molecule has 1 amide bonds. The predicted octanol–water partition coefficient (Wildman–Crippen LogP) is 1.88. The fourth-order valence-corrected chi connectivity index (χ4v) is 2.66. The molecule has 1 aliphatic heterocycles. The zero-order chi connectivity index (χ0) is 16.8. The van der Waals surface area contributed by atoms with Gasteiger partial charge in [0.25, 0.3) is 0 Å². The fourth-order valence-electron chi connectivity index (χ4n) is 2.48. The number of nitrogens with zero attached hydrogens (tertiary/aromatic N) is 1. The molecule has 3 N–H and O–H groups in total. The molecule has 0 aromatic heterocycles. The number of esters is 1. The van der Waals surface area contributed by atoms with Gasteiger partial charge < -0.3 is 25.4 Å². The lowest BCUT2D eigenvalue weighted by atomic mass is 10.1. The van der Waals surface area contributed by atoms with E-state index in [9.17, 15) is 9.59 Å². The number of hydrogen-bond donors (Lipinski definition) is 3. The number of rotatable bonds is 5. The van der Waals surface area contributed by atoms with Gasteiger partial charge in [-0.1, -0.05) is 11.6 Å². The number of benzene rings is 1. The number of carboxylic acid groups (broad SMARTS) is 1. The molecule has 1 saturated heterocycles. The van der Waals surface area contributed by atoms with Crippen LogP contribution in [0.1, 0.15) is 16.8 Å². The Kier molecular flexibility index (Phi) is 6.06. The van der Waals surface area contributed by atoms with E-state index in [-0.39, 0.29) is 6.04 Å². The standard InChI is InChI=1S/C15H20ClN3O4/c1-23-14(20)10-2-3-12(16)13(8-10)18-5-4-11-9-19(15(21)22)7-6-17-11/h2-3,8,11,17-18H,4-7,9H2,1H3,(H,21,22)/t11-/m1/s1. The van der Waals surface area contributed by atoms with Gasteiger partial charge in [-0.3, -0.25) is 0 Å². The van der Waals surface area contributed by atoms with Gasteiger partial charge in [0.1, 0.15) is 0 Å². The molecule has 1 aromatic rings. The summed E-state index contributed by atoms with van der Waals surface area (Å²) in [5.74, 6) is -0.421. The van der Waals surface area contributed by atoms with Gasteiger partial charge in [0, 0.05) is 32.2 Å². The van der Waals surface area contributed by atoms with Crippen LogP contribution in [-0.2, 0) is 4.74 Å². The van der Waals surface area contributed by atoms with Gasteiger partial charge in [-0.15, -0.1) is 0 Å². The van der Waals surface area contributed by atoms with Gasteiger partial charge in [0.05, 0.1) is 23.4 Å². The van der Waals surface area contributed by atoms with Crippen molar-refractivity contribution < 1.29 is 19.4 Å². The third kappa shape index (κ3) is 4.74. The van der Waals surface area contributed by atoms with Crippen LogP contribution in [0.4, 0.5) is 10.5 Å². The Morgan fingerprint density at radius 2 is 2.30 bits per heavy atom. The number of carbonyl (C=O) groups excluding carboxylic acids is 1. The summed E-state index contributed by atoms with van der Waals surface area (Å²) in [4.78, 5) is 23.9. The normalized spacial score (nSPS) is 17.7. The number of halogens is 1. The average molecular weight is 342 g/mol. The first-order valence-corrected chi connectivity index (χ1v) is 7.72. The number of carbonyl (C=O) groups is 2. The molecule has 0 radical (unpaired) electrons. The molecule has 0 unspecified atom stereocenters. The number of piperazine rings is 1. The van der Waals surface area contributed by atoms with Crippen molar-refractivity contribution in [3.05, 3.63) is 28.8 Å². The Hall–Kier alpha value is -1.99. The quantitative estimate of drug-likeness (QED) is 0.708. The van der Waals surface area contributed by atoms with Gasteiger partial charge in [0.15, 0.2) is 0 Å². The first kappa shape index (κ1) is 17.4. The Bertz CT molecular complexity index is 582. The molecule has 126 valence electrons. The summed E-state index contributed by atoms with van der Waals surface area (Å²) in [6, 6.07) is 4.98. The van der Waals surface area contributed by atoms with Crippen molar-refractivity contribution in [3.63, 3.8) is 0 Å². The number of ether oxygens (including phenoxy) is 1. The van der Waals surface area contributed by atoms with E-state index < -0.39 is 12.1 Å². The second-order valence-corrected chi connectivity index (χ2v) is 5.69. The van der Waals surface area contributed by atoms with Gasteiger partial charge in [-0.2, -0.15) is 0 Å². The molecular weight excluding hydrogens is 322 g/mol. The van der Waals surface area contributed by atoms with Crippen molar-refractivity contribution in [1.82, 2.24) is 10.2 Å². The summed E-state index contributed by atoms with van der Waals surface area (Å²) >= 11 is 6.11. The maximum atomic E-state index is 11.5.